The predicted octanol–water partition coefficient (Wildman–Crippen LogP) is 6.63. The number of aliphatic hydroxyl groups is 1. The van der Waals surface area contributed by atoms with Gasteiger partial charge in [0.15, 0.2) is 0 Å². The zero-order chi connectivity index (χ0) is 27.6. The van der Waals surface area contributed by atoms with Gasteiger partial charge < -0.3 is 9.84 Å². The monoisotopic (exact) mass is 542 g/mol. The molecule has 0 spiro atoms. The number of ether oxygens (including phenoxy) is 1. The lowest BCUT2D eigenvalue weighted by Gasteiger charge is -2.32. The number of hydrogen-bond donors (Lipinski definition) is 2. The van der Waals surface area contributed by atoms with Crippen LogP contribution < -0.4 is 10.1 Å². The Morgan fingerprint density at radius 3 is 2.08 bits per heavy atom. The molecule has 37 heavy (non-hydrogen) atoms. The molecule has 0 bridgehead atoms. The summed E-state index contributed by atoms with van der Waals surface area (Å²) in [6.45, 7) is -0.979. The van der Waals surface area contributed by atoms with E-state index in [2.05, 4.69) is 4.98 Å². The van der Waals surface area contributed by atoms with Crippen LogP contribution in [0.3, 0.4) is 0 Å². The first-order valence-corrected chi connectivity index (χ1v) is 10.2. The molecule has 0 amide bonds. The van der Waals surface area contributed by atoms with Gasteiger partial charge in [-0.1, -0.05) is 18.2 Å². The van der Waals surface area contributed by atoms with Gasteiger partial charge in [-0.2, -0.15) is 39.5 Å². The summed E-state index contributed by atoms with van der Waals surface area (Å²) in [6, 6.07) is 7.58. The van der Waals surface area contributed by atoms with E-state index < -0.39 is 59.9 Å². The second kappa shape index (κ2) is 10.2. The van der Waals surface area contributed by atoms with Crippen LogP contribution in [0, 0.1) is 5.82 Å². The van der Waals surface area contributed by atoms with Crippen molar-refractivity contribution < 1.29 is 53.7 Å². The Balaban J connectivity index is 1.79. The van der Waals surface area contributed by atoms with Crippen molar-refractivity contribution >= 4 is 0 Å². The highest BCUT2D eigenvalue weighted by Gasteiger charge is 2.53. The highest BCUT2D eigenvalue weighted by molar-refractivity contribution is 5.35. The Bertz CT molecular complexity index is 1240. The molecule has 200 valence electrons. The average molecular weight is 542 g/mol. The third-order valence-electron chi connectivity index (χ3n) is 5.04. The highest BCUT2D eigenvalue weighted by atomic mass is 19.4. The molecule has 0 radical (unpaired) electrons. The molecule has 0 aliphatic rings. The molecule has 1 atom stereocenters. The predicted molar refractivity (Wildman–Crippen MR) is 109 cm³/mol. The summed E-state index contributed by atoms with van der Waals surface area (Å²) in [6.07, 6.45) is -15.3. The molecule has 0 aliphatic heterocycles. The van der Waals surface area contributed by atoms with Gasteiger partial charge in [0, 0.05) is 30.8 Å². The minimum Gasteiger partial charge on any atom is -0.457 e. The summed E-state index contributed by atoms with van der Waals surface area (Å²) in [5, 5.41) is 12.1. The zero-order valence-electron chi connectivity index (χ0n) is 18.3. The maximum atomic E-state index is 14.0. The summed E-state index contributed by atoms with van der Waals surface area (Å²) in [7, 11) is 0. The van der Waals surface area contributed by atoms with Crippen LogP contribution >= 0.6 is 0 Å². The van der Waals surface area contributed by atoms with Crippen LogP contribution in [0.25, 0.3) is 0 Å². The highest BCUT2D eigenvalue weighted by Crippen LogP contribution is 2.35. The van der Waals surface area contributed by atoms with E-state index in [4.69, 9.17) is 4.74 Å². The molecular weight excluding hydrogens is 526 g/mol. The number of hydrogen-bond acceptors (Lipinski definition) is 4. The fourth-order valence-electron chi connectivity index (χ4n) is 3.15. The van der Waals surface area contributed by atoms with Crippen molar-refractivity contribution in [3.63, 3.8) is 0 Å². The Hall–Kier alpha value is -3.39. The van der Waals surface area contributed by atoms with Gasteiger partial charge in [-0.05, 0) is 35.9 Å². The van der Waals surface area contributed by atoms with E-state index >= 15 is 0 Å². The van der Waals surface area contributed by atoms with Crippen LogP contribution in [0.1, 0.15) is 22.4 Å². The molecule has 1 aromatic heterocycles. The number of nitrogens with one attached hydrogen (secondary N) is 1. The van der Waals surface area contributed by atoms with Crippen LogP contribution in [-0.4, -0.2) is 22.0 Å². The summed E-state index contributed by atoms with van der Waals surface area (Å²) >= 11 is 0. The molecule has 3 aromatic rings. The molecule has 3 rings (SSSR count). The summed E-state index contributed by atoms with van der Waals surface area (Å²) in [5.41, 5.74) is -6.99. The fourth-order valence-corrected chi connectivity index (χ4v) is 3.15. The second-order valence-electron chi connectivity index (χ2n) is 7.82. The maximum absolute atomic E-state index is 14.0. The number of aromatic nitrogens is 1. The number of halogens is 10. The van der Waals surface area contributed by atoms with Gasteiger partial charge in [-0.3, -0.25) is 10.3 Å². The number of rotatable bonds is 7. The Kier molecular flexibility index (Phi) is 7.75. The van der Waals surface area contributed by atoms with Gasteiger partial charge in [0.1, 0.15) is 23.0 Å². The average Bonchev–Trinajstić information content (AvgIpc) is 2.77. The number of pyridine rings is 1. The van der Waals surface area contributed by atoms with Crippen LogP contribution in [0.4, 0.5) is 43.9 Å². The van der Waals surface area contributed by atoms with E-state index in [1.807, 2.05) is 0 Å². The van der Waals surface area contributed by atoms with Crippen LogP contribution in [0.5, 0.6) is 11.5 Å². The first-order valence-electron chi connectivity index (χ1n) is 10.2. The van der Waals surface area contributed by atoms with Crippen molar-refractivity contribution in [1.29, 1.82) is 0 Å². The van der Waals surface area contributed by atoms with Crippen molar-refractivity contribution in [2.24, 2.45) is 0 Å². The van der Waals surface area contributed by atoms with Gasteiger partial charge >= 0.3 is 18.5 Å². The van der Waals surface area contributed by atoms with Crippen molar-refractivity contribution in [2.75, 3.05) is 0 Å². The van der Waals surface area contributed by atoms with E-state index in [-0.39, 0.29) is 23.1 Å². The number of nitrogens with zero attached hydrogens (tertiary/aromatic N) is 1. The summed E-state index contributed by atoms with van der Waals surface area (Å²) in [5.74, 6) is -1.89. The fraction of sp³-hybridized carbons (Fsp3) is 0.261. The normalized spacial score (nSPS) is 14.4. The molecule has 0 aliphatic carbocycles. The molecule has 2 aromatic carbocycles. The SMILES string of the molecule is OC(Cc1cccc(Oc2ccnc(C(F)(F)F)c2)c1)(NCc1ccc(C(F)(F)F)cc1F)C(F)(F)F. The minimum absolute atomic E-state index is 0.119. The van der Waals surface area contributed by atoms with Crippen molar-refractivity contribution in [1.82, 2.24) is 10.3 Å². The lowest BCUT2D eigenvalue weighted by molar-refractivity contribution is -0.273. The molecule has 0 saturated carbocycles. The van der Waals surface area contributed by atoms with Crippen LogP contribution in [-0.2, 0) is 25.3 Å². The summed E-state index contributed by atoms with van der Waals surface area (Å²) in [4.78, 5) is 3.16. The standard InChI is InChI=1S/C23H16F10N2O2/c24-18-9-15(21(25,26)27)5-4-14(18)12-35-20(36,23(31,32)33)11-13-2-1-3-16(8-13)37-17-6-7-34-19(10-17)22(28,29)30/h1-10,35-36H,11-12H2. The van der Waals surface area contributed by atoms with Gasteiger partial charge in [0.2, 0.25) is 5.72 Å². The molecule has 0 fully saturated rings. The Labute approximate surface area is 202 Å². The quantitative estimate of drug-likeness (QED) is 0.260. The summed E-state index contributed by atoms with van der Waals surface area (Å²) < 4.78 is 137. The molecular formula is C23H16F10N2O2. The van der Waals surface area contributed by atoms with Gasteiger partial charge in [-0.15, -0.1) is 0 Å². The minimum atomic E-state index is -5.32. The van der Waals surface area contributed by atoms with E-state index in [1.165, 1.54) is 12.1 Å². The van der Waals surface area contributed by atoms with Crippen molar-refractivity contribution in [3.8, 4) is 11.5 Å². The first kappa shape index (κ1) is 28.2. The van der Waals surface area contributed by atoms with Crippen molar-refractivity contribution in [3.05, 3.63) is 89.0 Å². The molecule has 1 heterocycles. The number of benzene rings is 2. The van der Waals surface area contributed by atoms with E-state index in [0.29, 0.717) is 18.2 Å². The molecule has 4 nitrogen and oxygen atoms in total. The molecule has 1 unspecified atom stereocenters. The van der Waals surface area contributed by atoms with Gasteiger partial charge in [-0.25, -0.2) is 4.39 Å². The third-order valence-corrected chi connectivity index (χ3v) is 5.04. The topological polar surface area (TPSA) is 54.4 Å². The third kappa shape index (κ3) is 7.10. The lowest BCUT2D eigenvalue weighted by atomic mass is 10.0. The molecule has 0 saturated heterocycles. The van der Waals surface area contributed by atoms with Gasteiger partial charge in [0.25, 0.3) is 0 Å². The van der Waals surface area contributed by atoms with E-state index in [1.54, 1.807) is 5.32 Å². The van der Waals surface area contributed by atoms with Crippen molar-refractivity contribution in [2.45, 2.75) is 37.2 Å². The zero-order valence-corrected chi connectivity index (χ0v) is 18.3. The molecule has 2 N–H and O–H groups in total. The Morgan fingerprint density at radius 1 is 0.811 bits per heavy atom. The largest absolute Gasteiger partial charge is 0.457 e. The molecule has 14 heteroatoms. The van der Waals surface area contributed by atoms with E-state index in [9.17, 15) is 49.0 Å². The first-order chi connectivity index (χ1) is 17.0. The lowest BCUT2D eigenvalue weighted by Crippen LogP contribution is -2.58. The Morgan fingerprint density at radius 2 is 1.49 bits per heavy atom. The number of alkyl halides is 9. The second-order valence-corrected chi connectivity index (χ2v) is 7.82. The van der Waals surface area contributed by atoms with E-state index in [0.717, 1.165) is 24.4 Å². The van der Waals surface area contributed by atoms with Crippen LogP contribution in [0.2, 0.25) is 0 Å². The maximum Gasteiger partial charge on any atom is 0.433 e. The van der Waals surface area contributed by atoms with Crippen LogP contribution in [0.15, 0.2) is 60.8 Å². The smallest absolute Gasteiger partial charge is 0.433 e. The van der Waals surface area contributed by atoms with Gasteiger partial charge in [0.05, 0.1) is 5.56 Å².